The molecule has 10 nitrogen and oxygen atoms in total. The summed E-state index contributed by atoms with van der Waals surface area (Å²) in [5, 5.41) is 25.6. The minimum absolute atomic E-state index is 0.0950. The van der Waals surface area contributed by atoms with E-state index >= 15 is 0 Å². The van der Waals surface area contributed by atoms with Crippen LogP contribution in [0.1, 0.15) is 50.8 Å². The number of rotatable bonds is 16. The van der Waals surface area contributed by atoms with Gasteiger partial charge in [-0.25, -0.2) is 0 Å². The van der Waals surface area contributed by atoms with E-state index in [4.69, 9.17) is 0 Å². The van der Waals surface area contributed by atoms with Crippen LogP contribution in [0.15, 0.2) is 91.0 Å². The first-order valence-electron chi connectivity index (χ1n) is 16.8. The molecule has 5 atom stereocenters. The first-order chi connectivity index (χ1) is 23.4. The van der Waals surface area contributed by atoms with E-state index in [0.717, 1.165) is 16.7 Å². The number of aliphatic hydroxyl groups excluding tert-OH is 1. The molecule has 1 aliphatic rings. The SMILES string of the molecule is CC(C)CNC(=O)C[C@@H](O)[C@@H](Cc1ccccc1)NC(=O)[C@@H]1N[C@@H]([C@H](NC(=O)Cc2ccccc2)C(=O)NCc2ccccc2)SC1(C)C. The average Bonchev–Trinajstić information content (AvgIpc) is 3.40. The average molecular weight is 688 g/mol. The quantitative estimate of drug-likeness (QED) is 0.136. The molecule has 1 aliphatic heterocycles. The second-order valence-electron chi connectivity index (χ2n) is 13.4. The van der Waals surface area contributed by atoms with Crippen LogP contribution in [-0.2, 0) is 38.6 Å². The zero-order valence-corrected chi connectivity index (χ0v) is 29.5. The number of hydrogen-bond donors (Lipinski definition) is 6. The monoisotopic (exact) mass is 687 g/mol. The summed E-state index contributed by atoms with van der Waals surface area (Å²) in [5.41, 5.74) is 2.63. The summed E-state index contributed by atoms with van der Waals surface area (Å²) in [6.07, 6.45) is -0.897. The third kappa shape index (κ3) is 11.7. The Kier molecular flexibility index (Phi) is 13.8. The first-order valence-corrected chi connectivity index (χ1v) is 17.7. The molecule has 262 valence electrons. The van der Waals surface area contributed by atoms with Gasteiger partial charge in [0.2, 0.25) is 23.6 Å². The summed E-state index contributed by atoms with van der Waals surface area (Å²) in [6, 6.07) is 25.7. The molecule has 4 rings (SSSR count). The molecular weight excluding hydrogens is 639 g/mol. The lowest BCUT2D eigenvalue weighted by molar-refractivity contribution is -0.129. The topological polar surface area (TPSA) is 149 Å². The molecule has 6 N–H and O–H groups in total. The van der Waals surface area contributed by atoms with Gasteiger partial charge in [-0.05, 0) is 42.9 Å². The third-order valence-corrected chi connectivity index (χ3v) is 9.84. The van der Waals surface area contributed by atoms with E-state index < -0.39 is 34.4 Å². The number of aliphatic hydroxyl groups is 1. The van der Waals surface area contributed by atoms with Crippen LogP contribution in [0.25, 0.3) is 0 Å². The molecule has 1 saturated heterocycles. The Morgan fingerprint density at radius 3 is 1.96 bits per heavy atom. The Morgan fingerprint density at radius 1 is 0.796 bits per heavy atom. The number of benzene rings is 3. The molecular formula is C38H49N5O5S. The molecule has 0 bridgehead atoms. The van der Waals surface area contributed by atoms with Gasteiger partial charge in [0, 0.05) is 17.8 Å². The lowest BCUT2D eigenvalue weighted by Gasteiger charge is -2.29. The van der Waals surface area contributed by atoms with E-state index in [0.29, 0.717) is 13.0 Å². The molecule has 0 aliphatic carbocycles. The van der Waals surface area contributed by atoms with Gasteiger partial charge in [-0.15, -0.1) is 11.8 Å². The zero-order chi connectivity index (χ0) is 35.4. The number of hydrogen-bond acceptors (Lipinski definition) is 7. The summed E-state index contributed by atoms with van der Waals surface area (Å²) < 4.78 is -0.701. The molecule has 3 aromatic rings. The predicted molar refractivity (Wildman–Crippen MR) is 193 cm³/mol. The highest BCUT2D eigenvalue weighted by Gasteiger charge is 2.49. The zero-order valence-electron chi connectivity index (χ0n) is 28.6. The van der Waals surface area contributed by atoms with Crippen LogP contribution in [0.4, 0.5) is 0 Å². The highest BCUT2D eigenvalue weighted by molar-refractivity contribution is 8.01. The highest BCUT2D eigenvalue weighted by Crippen LogP contribution is 2.39. The van der Waals surface area contributed by atoms with Crippen molar-refractivity contribution in [2.45, 2.75) is 87.9 Å². The minimum Gasteiger partial charge on any atom is -0.390 e. The molecule has 49 heavy (non-hydrogen) atoms. The van der Waals surface area contributed by atoms with Crippen molar-refractivity contribution < 1.29 is 24.3 Å². The van der Waals surface area contributed by atoms with Crippen LogP contribution in [0.2, 0.25) is 0 Å². The Bertz CT molecular complexity index is 1520. The van der Waals surface area contributed by atoms with Gasteiger partial charge in [-0.1, -0.05) is 105 Å². The van der Waals surface area contributed by atoms with Gasteiger partial charge in [0.05, 0.1) is 30.4 Å². The van der Waals surface area contributed by atoms with Gasteiger partial charge < -0.3 is 26.4 Å². The van der Waals surface area contributed by atoms with Crippen LogP contribution in [0.5, 0.6) is 0 Å². The summed E-state index contributed by atoms with van der Waals surface area (Å²) in [7, 11) is 0. The number of carbonyl (C=O) groups is 4. The van der Waals surface area contributed by atoms with Gasteiger partial charge in [-0.2, -0.15) is 0 Å². The maximum atomic E-state index is 14.0. The Balaban J connectivity index is 1.50. The smallest absolute Gasteiger partial charge is 0.245 e. The summed E-state index contributed by atoms with van der Waals surface area (Å²) in [5.74, 6) is -1.10. The largest absolute Gasteiger partial charge is 0.390 e. The van der Waals surface area contributed by atoms with Crippen molar-refractivity contribution in [3.8, 4) is 0 Å². The van der Waals surface area contributed by atoms with E-state index in [2.05, 4.69) is 26.6 Å². The molecule has 1 fully saturated rings. The number of carbonyl (C=O) groups excluding carboxylic acids is 4. The minimum atomic E-state index is -1.14. The van der Waals surface area contributed by atoms with Crippen molar-refractivity contribution in [2.75, 3.05) is 6.54 Å². The molecule has 3 aromatic carbocycles. The number of amides is 4. The van der Waals surface area contributed by atoms with Crippen molar-refractivity contribution in [2.24, 2.45) is 5.92 Å². The maximum absolute atomic E-state index is 14.0. The van der Waals surface area contributed by atoms with Gasteiger partial charge in [0.1, 0.15) is 12.1 Å². The van der Waals surface area contributed by atoms with E-state index in [-0.39, 0.29) is 48.9 Å². The van der Waals surface area contributed by atoms with Crippen LogP contribution < -0.4 is 26.6 Å². The Labute approximate surface area is 293 Å². The first kappa shape index (κ1) is 37.6. The summed E-state index contributed by atoms with van der Waals surface area (Å²) in [6.45, 7) is 8.55. The Hall–Kier alpha value is -4.19. The van der Waals surface area contributed by atoms with Crippen molar-refractivity contribution in [1.29, 1.82) is 0 Å². The fourth-order valence-corrected chi connectivity index (χ4v) is 7.17. The van der Waals surface area contributed by atoms with E-state index in [1.165, 1.54) is 11.8 Å². The molecule has 0 unspecified atom stereocenters. The maximum Gasteiger partial charge on any atom is 0.245 e. The molecule has 0 saturated carbocycles. The van der Waals surface area contributed by atoms with Gasteiger partial charge in [-0.3, -0.25) is 24.5 Å². The molecule has 4 amide bonds. The lowest BCUT2D eigenvalue weighted by Crippen LogP contribution is -2.59. The standard InChI is InChI=1S/C38H49N5O5S/c1-25(2)23-39-31(45)22-30(44)29(20-26-14-8-5-9-15-26)41-36(48)34-38(3,4)49-37(43-34)33(35(47)40-24-28-18-12-7-13-19-28)42-32(46)21-27-16-10-6-11-17-27/h5-19,25,29-30,33-34,37,43-44H,20-24H2,1-4H3,(H,39,45)(H,40,47)(H,41,48)(H,42,46)/t29-,30-,33-,34+,37-/m1/s1. The van der Waals surface area contributed by atoms with Crippen LogP contribution in [0.3, 0.4) is 0 Å². The highest BCUT2D eigenvalue weighted by atomic mass is 32.2. The molecule has 11 heteroatoms. The molecule has 0 aromatic heterocycles. The number of nitrogens with one attached hydrogen (secondary N) is 5. The summed E-state index contributed by atoms with van der Waals surface area (Å²) >= 11 is 1.40. The molecule has 1 heterocycles. The van der Waals surface area contributed by atoms with Gasteiger partial charge in [0.15, 0.2) is 0 Å². The second kappa shape index (κ2) is 18.0. The molecule has 0 spiro atoms. The fourth-order valence-electron chi connectivity index (χ4n) is 5.67. The van der Waals surface area contributed by atoms with Crippen molar-refractivity contribution in [3.63, 3.8) is 0 Å². The van der Waals surface area contributed by atoms with Gasteiger partial charge >= 0.3 is 0 Å². The predicted octanol–water partition coefficient (Wildman–Crippen LogP) is 3.09. The summed E-state index contributed by atoms with van der Waals surface area (Å²) in [4.78, 5) is 53.5. The van der Waals surface area contributed by atoms with Gasteiger partial charge in [0.25, 0.3) is 0 Å². The van der Waals surface area contributed by atoms with E-state index in [9.17, 15) is 24.3 Å². The van der Waals surface area contributed by atoms with Crippen LogP contribution in [0, 0.1) is 5.92 Å². The third-order valence-electron chi connectivity index (χ3n) is 8.33. The number of thioether (sulfide) groups is 1. The fraction of sp³-hybridized carbons (Fsp3) is 0.421. The Morgan fingerprint density at radius 2 is 1.37 bits per heavy atom. The van der Waals surface area contributed by atoms with Crippen molar-refractivity contribution in [1.82, 2.24) is 26.6 Å². The normalized spacial score (nSPS) is 18.6. The van der Waals surface area contributed by atoms with Crippen LogP contribution >= 0.6 is 11.8 Å². The molecule has 0 radical (unpaired) electrons. The lowest BCUT2D eigenvalue weighted by atomic mass is 9.96. The second-order valence-corrected chi connectivity index (χ2v) is 15.2. The van der Waals surface area contributed by atoms with E-state index in [1.807, 2.05) is 119 Å². The van der Waals surface area contributed by atoms with Crippen molar-refractivity contribution >= 4 is 35.4 Å². The van der Waals surface area contributed by atoms with Crippen LogP contribution in [-0.4, -0.2) is 69.6 Å². The van der Waals surface area contributed by atoms with E-state index in [1.54, 1.807) is 0 Å². The van der Waals surface area contributed by atoms with Crippen molar-refractivity contribution in [3.05, 3.63) is 108 Å².